The molecule has 4 rings (SSSR count). The van der Waals surface area contributed by atoms with Gasteiger partial charge < -0.3 is 24.2 Å². The van der Waals surface area contributed by atoms with Crippen LogP contribution in [0.2, 0.25) is 5.02 Å². The van der Waals surface area contributed by atoms with Gasteiger partial charge in [-0.2, -0.15) is 0 Å². The first-order chi connectivity index (χ1) is 19.5. The van der Waals surface area contributed by atoms with Gasteiger partial charge in [0.1, 0.15) is 11.4 Å². The Kier molecular flexibility index (Phi) is 9.61. The molecular formula is C33H38ClNO6. The zero-order valence-electron chi connectivity index (χ0n) is 24.3. The van der Waals surface area contributed by atoms with Crippen molar-refractivity contribution in [2.24, 2.45) is 0 Å². The molecule has 3 aromatic carbocycles. The van der Waals surface area contributed by atoms with E-state index in [-0.39, 0.29) is 12.6 Å². The van der Waals surface area contributed by atoms with E-state index in [1.165, 1.54) is 5.56 Å². The quantitative estimate of drug-likeness (QED) is 0.289. The molecule has 0 unspecified atom stereocenters. The maximum Gasteiger partial charge on any atom is 0.410 e. The summed E-state index contributed by atoms with van der Waals surface area (Å²) in [5.74, 6) is 0.177. The molecule has 0 fully saturated rings. The second-order valence-electron chi connectivity index (χ2n) is 11.2. The number of halogens is 1. The van der Waals surface area contributed by atoms with Crippen LogP contribution in [0.15, 0.2) is 60.7 Å². The zero-order valence-corrected chi connectivity index (χ0v) is 25.0. The Morgan fingerprint density at radius 1 is 1.07 bits per heavy atom. The van der Waals surface area contributed by atoms with E-state index in [9.17, 15) is 14.7 Å². The van der Waals surface area contributed by atoms with Crippen molar-refractivity contribution >= 4 is 23.7 Å². The van der Waals surface area contributed by atoms with Crippen molar-refractivity contribution in [2.45, 2.75) is 64.7 Å². The molecule has 0 radical (unpaired) electrons. The van der Waals surface area contributed by atoms with Crippen LogP contribution in [-0.4, -0.2) is 54.0 Å². The molecule has 1 N–H and O–H groups in total. The lowest BCUT2D eigenvalue weighted by Gasteiger charge is -2.37. The van der Waals surface area contributed by atoms with Crippen molar-refractivity contribution in [3.8, 4) is 16.9 Å². The first-order valence-corrected chi connectivity index (χ1v) is 14.3. The van der Waals surface area contributed by atoms with Crippen molar-refractivity contribution in [3.63, 3.8) is 0 Å². The lowest BCUT2D eigenvalue weighted by Crippen LogP contribution is -2.47. The smallest absolute Gasteiger partial charge is 0.410 e. The third-order valence-electron chi connectivity index (χ3n) is 7.10. The Hall–Kier alpha value is -3.55. The summed E-state index contributed by atoms with van der Waals surface area (Å²) in [5, 5.41) is 11.6. The topological polar surface area (TPSA) is 85.3 Å². The molecule has 0 saturated heterocycles. The molecule has 1 amide bonds. The number of ether oxygens (including phenoxy) is 3. The average Bonchev–Trinajstić information content (AvgIpc) is 2.94. The van der Waals surface area contributed by atoms with Crippen LogP contribution in [0.1, 0.15) is 67.3 Å². The van der Waals surface area contributed by atoms with Gasteiger partial charge in [0.05, 0.1) is 31.9 Å². The molecule has 218 valence electrons. The Bertz CT molecular complexity index is 1400. The molecule has 0 spiro atoms. The van der Waals surface area contributed by atoms with Crippen LogP contribution >= 0.6 is 11.6 Å². The van der Waals surface area contributed by atoms with Crippen LogP contribution in [0.4, 0.5) is 4.79 Å². The molecule has 1 aliphatic rings. The number of carbonyl (C=O) groups is 2. The fraction of sp³-hybridized carbons (Fsp3) is 0.394. The number of hydrogen-bond donors (Lipinski definition) is 1. The summed E-state index contributed by atoms with van der Waals surface area (Å²) in [4.78, 5) is 27.3. The number of amides is 1. The maximum atomic E-state index is 13.4. The standard InChI is InChI=1S/C33H38ClNO6/c1-6-40-31(37)24-13-15-28(30(19-24)39-5)22-11-10-21-12-14-27(18-25(21)16-22)35(32(38)41-33(2,3)4)20-29(36)23-8-7-9-26(34)17-23/h7-11,13,15-17,19,27,29,36H,6,12,14,18,20H2,1-5H3/t27-,29-/m0/s1. The first kappa shape index (κ1) is 30.4. The molecule has 0 bridgehead atoms. The zero-order chi connectivity index (χ0) is 29.7. The summed E-state index contributed by atoms with van der Waals surface area (Å²) in [6.07, 6.45) is 0.751. The van der Waals surface area contributed by atoms with E-state index >= 15 is 0 Å². The van der Waals surface area contributed by atoms with Crippen molar-refractivity contribution in [2.75, 3.05) is 20.3 Å². The number of fused-ring (bicyclic) bond motifs is 1. The van der Waals surface area contributed by atoms with Gasteiger partial charge in [-0.05, 0) is 99.5 Å². The summed E-state index contributed by atoms with van der Waals surface area (Å²) in [6.45, 7) is 7.65. The summed E-state index contributed by atoms with van der Waals surface area (Å²) < 4.78 is 16.5. The van der Waals surface area contributed by atoms with Gasteiger partial charge in [0.25, 0.3) is 0 Å². The average molecular weight is 580 g/mol. The van der Waals surface area contributed by atoms with Crippen molar-refractivity contribution in [1.82, 2.24) is 4.90 Å². The van der Waals surface area contributed by atoms with Crippen molar-refractivity contribution < 1.29 is 28.9 Å². The Labute approximate surface area is 247 Å². The molecule has 8 heteroatoms. The molecule has 0 aromatic heterocycles. The van der Waals surface area contributed by atoms with Gasteiger partial charge in [0.2, 0.25) is 0 Å². The highest BCUT2D eigenvalue weighted by Crippen LogP contribution is 2.35. The molecular weight excluding hydrogens is 542 g/mol. The van der Waals surface area contributed by atoms with E-state index in [1.807, 2.05) is 26.8 Å². The highest BCUT2D eigenvalue weighted by atomic mass is 35.5. The maximum absolute atomic E-state index is 13.4. The predicted octanol–water partition coefficient (Wildman–Crippen LogP) is 7.02. The van der Waals surface area contributed by atoms with Crippen LogP contribution in [0.5, 0.6) is 5.75 Å². The first-order valence-electron chi connectivity index (χ1n) is 13.9. The molecule has 2 atom stereocenters. The second kappa shape index (κ2) is 13.0. The van der Waals surface area contributed by atoms with E-state index < -0.39 is 23.8 Å². The lowest BCUT2D eigenvalue weighted by molar-refractivity contribution is 0.00195. The Balaban J connectivity index is 1.62. The van der Waals surface area contributed by atoms with Crippen molar-refractivity contribution in [1.29, 1.82) is 0 Å². The van der Waals surface area contributed by atoms with Crippen LogP contribution in [0, 0.1) is 0 Å². The minimum Gasteiger partial charge on any atom is -0.496 e. The van der Waals surface area contributed by atoms with Gasteiger partial charge in [-0.3, -0.25) is 0 Å². The number of rotatable bonds is 8. The number of carbonyl (C=O) groups excluding carboxylic acids is 2. The van der Waals surface area contributed by atoms with Crippen LogP contribution in [0.3, 0.4) is 0 Å². The molecule has 3 aromatic rings. The molecule has 1 aliphatic carbocycles. The number of methoxy groups -OCH3 is 1. The Morgan fingerprint density at radius 2 is 1.85 bits per heavy atom. The number of aryl methyl sites for hydroxylation is 1. The van der Waals surface area contributed by atoms with Crippen molar-refractivity contribution in [3.05, 3.63) is 87.9 Å². The fourth-order valence-corrected chi connectivity index (χ4v) is 5.34. The van der Waals surface area contributed by atoms with E-state index in [0.29, 0.717) is 34.9 Å². The van der Waals surface area contributed by atoms with Gasteiger partial charge in [-0.25, -0.2) is 9.59 Å². The summed E-state index contributed by atoms with van der Waals surface area (Å²) in [5.41, 5.74) is 4.51. The number of esters is 1. The third kappa shape index (κ3) is 7.60. The lowest BCUT2D eigenvalue weighted by atomic mass is 9.85. The van der Waals surface area contributed by atoms with Gasteiger partial charge in [0, 0.05) is 16.6 Å². The van der Waals surface area contributed by atoms with E-state index in [0.717, 1.165) is 29.5 Å². The number of hydrogen-bond acceptors (Lipinski definition) is 6. The van der Waals surface area contributed by atoms with Crippen LogP contribution < -0.4 is 4.74 Å². The molecule has 0 heterocycles. The molecule has 0 aliphatic heterocycles. The number of nitrogens with zero attached hydrogens (tertiary/aromatic N) is 1. The fourth-order valence-electron chi connectivity index (χ4n) is 5.14. The van der Waals surface area contributed by atoms with Gasteiger partial charge >= 0.3 is 12.1 Å². The minimum atomic E-state index is -0.920. The van der Waals surface area contributed by atoms with E-state index in [4.69, 9.17) is 25.8 Å². The van der Waals surface area contributed by atoms with Gasteiger partial charge in [-0.15, -0.1) is 0 Å². The SMILES string of the molecule is CCOC(=O)c1ccc(-c2ccc3c(c2)C[C@@H](N(C[C@H](O)c2cccc(Cl)c2)C(=O)OC(C)(C)C)CC3)c(OC)c1. The third-order valence-corrected chi connectivity index (χ3v) is 7.34. The highest BCUT2D eigenvalue weighted by molar-refractivity contribution is 6.30. The number of benzene rings is 3. The molecule has 7 nitrogen and oxygen atoms in total. The molecule has 41 heavy (non-hydrogen) atoms. The summed E-state index contributed by atoms with van der Waals surface area (Å²) in [6, 6.07) is 18.4. The number of aliphatic hydroxyl groups is 1. The second-order valence-corrected chi connectivity index (χ2v) is 11.7. The minimum absolute atomic E-state index is 0.0814. The van der Waals surface area contributed by atoms with E-state index in [1.54, 1.807) is 55.3 Å². The Morgan fingerprint density at radius 3 is 2.54 bits per heavy atom. The van der Waals surface area contributed by atoms with Gasteiger partial charge in [-0.1, -0.05) is 41.9 Å². The number of aliphatic hydroxyl groups excluding tert-OH is 1. The summed E-state index contributed by atoms with van der Waals surface area (Å²) in [7, 11) is 1.58. The van der Waals surface area contributed by atoms with Gasteiger partial charge in [0.15, 0.2) is 0 Å². The molecule has 0 saturated carbocycles. The van der Waals surface area contributed by atoms with Crippen LogP contribution in [0.25, 0.3) is 11.1 Å². The predicted molar refractivity (Wildman–Crippen MR) is 160 cm³/mol. The monoisotopic (exact) mass is 579 g/mol. The normalized spacial score (nSPS) is 15.4. The van der Waals surface area contributed by atoms with Crippen LogP contribution in [-0.2, 0) is 22.3 Å². The summed E-state index contributed by atoms with van der Waals surface area (Å²) >= 11 is 6.16. The largest absolute Gasteiger partial charge is 0.496 e. The highest BCUT2D eigenvalue weighted by Gasteiger charge is 2.33. The van der Waals surface area contributed by atoms with E-state index in [2.05, 4.69) is 18.2 Å².